The van der Waals surface area contributed by atoms with E-state index >= 15 is 0 Å². The van der Waals surface area contributed by atoms with E-state index < -0.39 is 0 Å². The van der Waals surface area contributed by atoms with Crippen LogP contribution in [0.15, 0.2) is 0 Å². The molecule has 5 atom stereocenters. The number of hydrogen-bond acceptors (Lipinski definition) is 2. The van der Waals surface area contributed by atoms with Crippen LogP contribution in [0.3, 0.4) is 0 Å². The van der Waals surface area contributed by atoms with Gasteiger partial charge in [0.15, 0.2) is 0 Å². The lowest BCUT2D eigenvalue weighted by atomic mass is 9.80. The molecule has 0 N–H and O–H groups in total. The van der Waals surface area contributed by atoms with Gasteiger partial charge in [0.1, 0.15) is 6.10 Å². The molecule has 0 spiro atoms. The van der Waals surface area contributed by atoms with Crippen LogP contribution in [0.25, 0.3) is 0 Å². The first-order valence-corrected chi connectivity index (χ1v) is 8.30. The molecule has 108 valence electrons. The summed E-state index contributed by atoms with van der Waals surface area (Å²) in [5.41, 5.74) is -0.267. The highest BCUT2D eigenvalue weighted by Gasteiger charge is 2.55. The van der Waals surface area contributed by atoms with Gasteiger partial charge in [0.2, 0.25) is 0 Å². The van der Waals surface area contributed by atoms with Crippen molar-refractivity contribution in [1.29, 1.82) is 0 Å². The lowest BCUT2D eigenvalue weighted by molar-refractivity contribution is -0.165. The summed E-state index contributed by atoms with van der Waals surface area (Å²) >= 11 is 0. The van der Waals surface area contributed by atoms with Crippen molar-refractivity contribution in [2.45, 2.75) is 71.8 Å². The Labute approximate surface area is 117 Å². The topological polar surface area (TPSA) is 26.3 Å². The lowest BCUT2D eigenvalue weighted by Crippen LogP contribution is -2.37. The summed E-state index contributed by atoms with van der Waals surface area (Å²) in [5.74, 6) is 3.48. The first-order chi connectivity index (χ1) is 9.09. The van der Waals surface area contributed by atoms with Crippen molar-refractivity contribution in [2.24, 2.45) is 29.1 Å². The molecule has 19 heavy (non-hydrogen) atoms. The molecule has 0 aromatic rings. The molecule has 3 rings (SSSR count). The summed E-state index contributed by atoms with van der Waals surface area (Å²) in [6, 6.07) is 0. The maximum Gasteiger partial charge on any atom is 0.312 e. The number of rotatable bonds is 4. The van der Waals surface area contributed by atoms with Gasteiger partial charge in [-0.1, -0.05) is 20.3 Å². The van der Waals surface area contributed by atoms with Gasteiger partial charge >= 0.3 is 5.97 Å². The Morgan fingerprint density at radius 3 is 2.47 bits per heavy atom. The fourth-order valence-corrected chi connectivity index (χ4v) is 4.96. The van der Waals surface area contributed by atoms with Crippen molar-refractivity contribution in [3.63, 3.8) is 0 Å². The van der Waals surface area contributed by atoms with Gasteiger partial charge in [0.25, 0.3) is 0 Å². The average Bonchev–Trinajstić information content (AvgIpc) is 3.09. The van der Waals surface area contributed by atoms with Crippen LogP contribution in [0, 0.1) is 29.1 Å². The van der Waals surface area contributed by atoms with Crippen molar-refractivity contribution in [3.05, 3.63) is 0 Å². The summed E-state index contributed by atoms with van der Waals surface area (Å²) in [6.45, 7) is 6.25. The van der Waals surface area contributed by atoms with Crippen LogP contribution in [0.2, 0.25) is 0 Å². The molecule has 5 unspecified atom stereocenters. The molecular weight excluding hydrogens is 236 g/mol. The molecule has 0 aromatic heterocycles. The first kappa shape index (κ1) is 13.5. The fraction of sp³-hybridized carbons (Fsp3) is 0.941. The van der Waals surface area contributed by atoms with Crippen molar-refractivity contribution < 1.29 is 9.53 Å². The summed E-state index contributed by atoms with van der Waals surface area (Å²) in [7, 11) is 0. The zero-order chi connectivity index (χ0) is 13.6. The maximum absolute atomic E-state index is 12.4. The van der Waals surface area contributed by atoms with Crippen molar-refractivity contribution in [2.75, 3.05) is 0 Å². The molecule has 0 saturated heterocycles. The Hall–Kier alpha value is -0.530. The van der Waals surface area contributed by atoms with Gasteiger partial charge in [-0.3, -0.25) is 4.79 Å². The number of ether oxygens (including phenoxy) is 1. The van der Waals surface area contributed by atoms with E-state index in [1.807, 2.05) is 0 Å². The van der Waals surface area contributed by atoms with Crippen LogP contribution < -0.4 is 0 Å². The molecule has 2 nitrogen and oxygen atoms in total. The normalized spacial score (nSPS) is 40.5. The standard InChI is InChI=1S/C17H28O2/c1-4-17(3,5-2)16(18)19-15-10-11-9-14(15)13-8-6-7-12(11)13/h11-15H,4-10H2,1-3H3. The summed E-state index contributed by atoms with van der Waals surface area (Å²) < 4.78 is 5.96. The monoisotopic (exact) mass is 264 g/mol. The van der Waals surface area contributed by atoms with Crippen LogP contribution in [0.1, 0.15) is 65.7 Å². The van der Waals surface area contributed by atoms with Crippen LogP contribution in [-0.4, -0.2) is 12.1 Å². The Bertz CT molecular complexity index is 358. The minimum atomic E-state index is -0.267. The van der Waals surface area contributed by atoms with Crippen LogP contribution in [0.4, 0.5) is 0 Å². The van der Waals surface area contributed by atoms with E-state index in [9.17, 15) is 4.79 Å². The van der Waals surface area contributed by atoms with Crippen molar-refractivity contribution >= 4 is 5.97 Å². The highest BCUT2D eigenvalue weighted by Crippen LogP contribution is 2.59. The predicted molar refractivity (Wildman–Crippen MR) is 75.6 cm³/mol. The lowest BCUT2D eigenvalue weighted by Gasteiger charge is -2.34. The Kier molecular flexibility index (Phi) is 3.39. The highest BCUT2D eigenvalue weighted by atomic mass is 16.5. The van der Waals surface area contributed by atoms with Crippen LogP contribution in [-0.2, 0) is 9.53 Å². The maximum atomic E-state index is 12.4. The minimum Gasteiger partial charge on any atom is -0.462 e. The molecule has 3 aliphatic rings. The minimum absolute atomic E-state index is 0.0598. The number of fused-ring (bicyclic) bond motifs is 5. The summed E-state index contributed by atoms with van der Waals surface area (Å²) in [5, 5.41) is 0. The van der Waals surface area contributed by atoms with Crippen molar-refractivity contribution in [1.82, 2.24) is 0 Å². The molecule has 3 fully saturated rings. The van der Waals surface area contributed by atoms with Crippen molar-refractivity contribution in [3.8, 4) is 0 Å². The second-order valence-corrected chi connectivity index (χ2v) is 7.37. The number of hydrogen-bond donors (Lipinski definition) is 0. The van der Waals surface area contributed by atoms with Crippen LogP contribution in [0.5, 0.6) is 0 Å². The van der Waals surface area contributed by atoms with Gasteiger partial charge < -0.3 is 4.74 Å². The fourth-order valence-electron chi connectivity index (χ4n) is 4.96. The average molecular weight is 264 g/mol. The second kappa shape index (κ2) is 4.79. The Balaban J connectivity index is 1.65. The molecule has 0 aliphatic heterocycles. The smallest absolute Gasteiger partial charge is 0.312 e. The number of carbonyl (C=O) groups is 1. The van der Waals surface area contributed by atoms with Gasteiger partial charge in [0.05, 0.1) is 5.41 Å². The zero-order valence-electron chi connectivity index (χ0n) is 12.7. The first-order valence-electron chi connectivity index (χ1n) is 8.30. The van der Waals surface area contributed by atoms with E-state index in [0.717, 1.165) is 37.0 Å². The molecular formula is C17H28O2. The van der Waals surface area contributed by atoms with E-state index in [0.29, 0.717) is 5.92 Å². The largest absolute Gasteiger partial charge is 0.462 e. The third kappa shape index (κ3) is 2.02. The SMILES string of the molecule is CCC(C)(CC)C(=O)OC1CC2CC1C1CCCC21. The van der Waals surface area contributed by atoms with Crippen LogP contribution >= 0.6 is 0 Å². The molecule has 2 heteroatoms. The van der Waals surface area contributed by atoms with Gasteiger partial charge in [0, 0.05) is 0 Å². The number of esters is 1. The van der Waals surface area contributed by atoms with Gasteiger partial charge in [-0.15, -0.1) is 0 Å². The summed E-state index contributed by atoms with van der Waals surface area (Å²) in [6.07, 6.45) is 8.74. The molecule has 3 saturated carbocycles. The Morgan fingerprint density at radius 1 is 1.11 bits per heavy atom. The quantitative estimate of drug-likeness (QED) is 0.712. The van der Waals surface area contributed by atoms with Gasteiger partial charge in [-0.25, -0.2) is 0 Å². The van der Waals surface area contributed by atoms with E-state index in [1.54, 1.807) is 0 Å². The van der Waals surface area contributed by atoms with Gasteiger partial charge in [-0.2, -0.15) is 0 Å². The molecule has 0 amide bonds. The molecule has 0 aromatic carbocycles. The predicted octanol–water partition coefficient (Wildman–Crippen LogP) is 4.18. The summed E-state index contributed by atoms with van der Waals surface area (Å²) in [4.78, 5) is 12.4. The third-order valence-corrected chi connectivity index (χ3v) is 6.68. The number of carbonyl (C=O) groups excluding carboxylic acids is 1. The molecule has 2 bridgehead atoms. The van der Waals surface area contributed by atoms with E-state index in [2.05, 4.69) is 20.8 Å². The van der Waals surface area contributed by atoms with E-state index in [-0.39, 0.29) is 17.5 Å². The van der Waals surface area contributed by atoms with E-state index in [1.165, 1.54) is 25.7 Å². The van der Waals surface area contributed by atoms with Gasteiger partial charge in [-0.05, 0) is 69.1 Å². The molecule has 0 heterocycles. The third-order valence-electron chi connectivity index (χ3n) is 6.68. The zero-order valence-corrected chi connectivity index (χ0v) is 12.7. The van der Waals surface area contributed by atoms with E-state index in [4.69, 9.17) is 4.74 Å². The second-order valence-electron chi connectivity index (χ2n) is 7.37. The molecule has 3 aliphatic carbocycles. The highest BCUT2D eigenvalue weighted by molar-refractivity contribution is 5.76. The Morgan fingerprint density at radius 2 is 1.79 bits per heavy atom. The molecule has 0 radical (unpaired) electrons.